The zero-order valence-corrected chi connectivity index (χ0v) is 15.6. The van der Waals surface area contributed by atoms with Crippen molar-refractivity contribution in [3.63, 3.8) is 0 Å². The fourth-order valence-electron chi connectivity index (χ4n) is 3.47. The number of alkyl halides is 2. The van der Waals surface area contributed by atoms with Gasteiger partial charge in [0.1, 0.15) is 23.1 Å². The molecule has 8 nitrogen and oxygen atoms in total. The van der Waals surface area contributed by atoms with Crippen LogP contribution in [0, 0.1) is 5.82 Å². The smallest absolute Gasteiger partial charge is 0.387 e. The van der Waals surface area contributed by atoms with Gasteiger partial charge in [0, 0.05) is 29.6 Å². The number of hydrogen-bond acceptors (Lipinski definition) is 8. The fraction of sp³-hybridized carbons (Fsp3) is 0.211. The van der Waals surface area contributed by atoms with E-state index >= 15 is 0 Å². The first-order valence-corrected chi connectivity index (χ1v) is 8.98. The Kier molecular flexibility index (Phi) is 4.13. The lowest BCUT2D eigenvalue weighted by Gasteiger charge is -2.36. The Morgan fingerprint density at radius 3 is 2.97 bits per heavy atom. The molecule has 0 radical (unpaired) electrons. The van der Waals surface area contributed by atoms with Crippen molar-refractivity contribution in [2.75, 3.05) is 22.3 Å². The van der Waals surface area contributed by atoms with E-state index in [-0.39, 0.29) is 11.4 Å². The van der Waals surface area contributed by atoms with Gasteiger partial charge in [-0.2, -0.15) is 8.78 Å². The van der Waals surface area contributed by atoms with Gasteiger partial charge in [-0.15, -0.1) is 0 Å². The number of ether oxygens (including phenoxy) is 2. The maximum atomic E-state index is 14.0. The molecule has 1 fully saturated rings. The summed E-state index contributed by atoms with van der Waals surface area (Å²) in [7, 11) is 0. The molecule has 3 aliphatic heterocycles. The number of nitrogens with zero attached hydrogens (tertiary/aromatic N) is 2. The molecular weight excluding hydrogens is 403 g/mol. The quantitative estimate of drug-likeness (QED) is 0.684. The maximum absolute atomic E-state index is 14.0. The number of allylic oxidation sites excluding steroid dienone is 1. The van der Waals surface area contributed by atoms with E-state index < -0.39 is 18.4 Å². The number of hydrogen-bond donors (Lipinski definition) is 3. The number of hydroxylamine groups is 1. The van der Waals surface area contributed by atoms with Crippen LogP contribution in [0.3, 0.4) is 0 Å². The summed E-state index contributed by atoms with van der Waals surface area (Å²) < 4.78 is 48.9. The molecule has 0 aromatic heterocycles. The predicted octanol–water partition coefficient (Wildman–Crippen LogP) is 3.57. The van der Waals surface area contributed by atoms with E-state index in [0.717, 1.165) is 23.4 Å². The molecule has 2 bridgehead atoms. The monoisotopic (exact) mass is 419 g/mol. The van der Waals surface area contributed by atoms with Crippen LogP contribution in [0.1, 0.15) is 6.92 Å². The van der Waals surface area contributed by atoms with Crippen LogP contribution in [0.4, 0.5) is 30.2 Å². The van der Waals surface area contributed by atoms with Crippen LogP contribution in [-0.2, 0) is 4.84 Å². The molecule has 11 heteroatoms. The Hall–Kier alpha value is -3.60. The average Bonchev–Trinajstić information content (AvgIpc) is 3.25. The number of halogens is 3. The summed E-state index contributed by atoms with van der Waals surface area (Å²) in [6.45, 7) is -0.861. The Labute approximate surface area is 168 Å². The zero-order chi connectivity index (χ0) is 20.9. The first-order chi connectivity index (χ1) is 14.4. The molecule has 0 amide bonds. The number of benzene rings is 2. The van der Waals surface area contributed by atoms with Crippen LogP contribution in [0.5, 0.6) is 11.5 Å². The second-order valence-corrected chi connectivity index (χ2v) is 6.76. The highest BCUT2D eigenvalue weighted by Crippen LogP contribution is 2.42. The van der Waals surface area contributed by atoms with E-state index in [1.807, 2.05) is 25.1 Å². The lowest BCUT2D eigenvalue weighted by molar-refractivity contribution is -0.0499. The molecule has 2 aromatic rings. The molecule has 2 aromatic carbocycles. The van der Waals surface area contributed by atoms with Crippen molar-refractivity contribution in [2.24, 2.45) is 4.99 Å². The largest absolute Gasteiger partial charge is 0.471 e. The number of fused-ring (bicyclic) bond motifs is 3. The van der Waals surface area contributed by atoms with Crippen molar-refractivity contribution in [3.05, 3.63) is 53.6 Å². The SMILES string of the molecule is CC1=C2NOC(Nc3cc(F)cc(OC(F)F)c3)(N=C1)N2c1ccc2c(c1)NCO2. The van der Waals surface area contributed by atoms with Crippen LogP contribution >= 0.6 is 0 Å². The number of anilines is 3. The Morgan fingerprint density at radius 2 is 2.13 bits per heavy atom. The van der Waals surface area contributed by atoms with E-state index in [9.17, 15) is 13.2 Å². The van der Waals surface area contributed by atoms with Gasteiger partial charge in [-0.25, -0.2) is 19.7 Å². The first-order valence-electron chi connectivity index (χ1n) is 8.98. The summed E-state index contributed by atoms with van der Waals surface area (Å²) in [5, 5.41) is 6.08. The van der Waals surface area contributed by atoms with Crippen LogP contribution in [0.25, 0.3) is 0 Å². The number of rotatable bonds is 5. The third-order valence-corrected chi connectivity index (χ3v) is 4.74. The van der Waals surface area contributed by atoms with E-state index in [4.69, 9.17) is 9.57 Å². The molecule has 3 N–H and O–H groups in total. The molecule has 1 unspecified atom stereocenters. The summed E-state index contributed by atoms with van der Waals surface area (Å²) in [5.74, 6) is -1.26. The van der Waals surface area contributed by atoms with Gasteiger partial charge >= 0.3 is 12.6 Å². The first kappa shape index (κ1) is 18.4. The van der Waals surface area contributed by atoms with Gasteiger partial charge in [-0.1, -0.05) is 0 Å². The van der Waals surface area contributed by atoms with E-state index in [0.29, 0.717) is 24.0 Å². The summed E-state index contributed by atoms with van der Waals surface area (Å²) >= 11 is 0. The molecular formula is C19H16F3N5O3. The highest BCUT2D eigenvalue weighted by molar-refractivity contribution is 5.85. The van der Waals surface area contributed by atoms with E-state index in [1.54, 1.807) is 11.1 Å². The van der Waals surface area contributed by atoms with Gasteiger partial charge in [0.25, 0.3) is 0 Å². The highest BCUT2D eigenvalue weighted by atomic mass is 19.3. The summed E-state index contributed by atoms with van der Waals surface area (Å²) in [4.78, 5) is 11.9. The third-order valence-electron chi connectivity index (χ3n) is 4.74. The minimum atomic E-state index is -3.08. The topological polar surface area (TPSA) is 79.4 Å². The zero-order valence-electron chi connectivity index (χ0n) is 15.6. The molecule has 3 aliphatic rings. The van der Waals surface area contributed by atoms with Crippen molar-refractivity contribution in [1.29, 1.82) is 0 Å². The van der Waals surface area contributed by atoms with Gasteiger partial charge in [0.15, 0.2) is 6.73 Å². The molecule has 5 rings (SSSR count). The molecule has 0 spiro atoms. The van der Waals surface area contributed by atoms with Gasteiger partial charge in [0.05, 0.1) is 11.4 Å². The van der Waals surface area contributed by atoms with Crippen LogP contribution < -0.4 is 30.5 Å². The standard InChI is InChI=1S/C19H16F3N5O3/c1-10-8-24-19(25-12-4-11(20)5-14(6-12)29-18(21)22)27(17(10)26-30-19)13-2-3-16-15(7-13)23-9-28-16/h2-8,18,23,25-26H,9H2,1H3. The molecule has 1 saturated heterocycles. The number of aliphatic imine (C=N–C) groups is 1. The Morgan fingerprint density at radius 1 is 1.27 bits per heavy atom. The maximum Gasteiger partial charge on any atom is 0.387 e. The van der Waals surface area contributed by atoms with Gasteiger partial charge in [-0.3, -0.25) is 4.90 Å². The van der Waals surface area contributed by atoms with E-state index in [1.165, 1.54) is 6.07 Å². The summed E-state index contributed by atoms with van der Waals surface area (Å²) in [5.41, 5.74) is 5.27. The van der Waals surface area contributed by atoms with Crippen molar-refractivity contribution in [2.45, 2.75) is 19.5 Å². The second kappa shape index (κ2) is 6.73. The lowest BCUT2D eigenvalue weighted by Crippen LogP contribution is -2.51. The van der Waals surface area contributed by atoms with Crippen LogP contribution in [0.15, 0.2) is 52.8 Å². The summed E-state index contributed by atoms with van der Waals surface area (Å²) in [6.07, 6.45) is 1.60. The molecule has 30 heavy (non-hydrogen) atoms. The van der Waals surface area contributed by atoms with E-state index in [2.05, 4.69) is 25.8 Å². The third kappa shape index (κ3) is 3.03. The summed E-state index contributed by atoms with van der Waals surface area (Å²) in [6, 6.07) is 8.73. The van der Waals surface area contributed by atoms with Gasteiger partial charge in [0.2, 0.25) is 0 Å². The fourth-order valence-corrected chi connectivity index (χ4v) is 3.47. The minimum Gasteiger partial charge on any atom is -0.471 e. The predicted molar refractivity (Wildman–Crippen MR) is 103 cm³/mol. The molecule has 1 atom stereocenters. The van der Waals surface area contributed by atoms with Crippen LogP contribution in [0.2, 0.25) is 0 Å². The van der Waals surface area contributed by atoms with Crippen LogP contribution in [-0.4, -0.2) is 25.5 Å². The lowest BCUT2D eigenvalue weighted by atomic mass is 10.2. The van der Waals surface area contributed by atoms with Crippen molar-refractivity contribution >= 4 is 23.3 Å². The van der Waals surface area contributed by atoms with Gasteiger partial charge in [-0.05, 0) is 31.2 Å². The molecule has 0 saturated carbocycles. The molecule has 156 valence electrons. The Bertz CT molecular complexity index is 1080. The normalized spacial score (nSPS) is 21.3. The number of nitrogens with one attached hydrogen (secondary N) is 3. The molecule has 0 aliphatic carbocycles. The van der Waals surface area contributed by atoms with Crippen molar-refractivity contribution < 1.29 is 27.5 Å². The Balaban J connectivity index is 1.53. The molecule has 3 heterocycles. The minimum absolute atomic E-state index is 0.137. The highest BCUT2D eigenvalue weighted by Gasteiger charge is 2.49. The average molecular weight is 419 g/mol. The second-order valence-electron chi connectivity index (χ2n) is 6.76. The van der Waals surface area contributed by atoms with Gasteiger partial charge < -0.3 is 20.1 Å². The van der Waals surface area contributed by atoms with Crippen molar-refractivity contribution in [3.8, 4) is 11.5 Å². The van der Waals surface area contributed by atoms with Crippen molar-refractivity contribution in [1.82, 2.24) is 5.48 Å².